The van der Waals surface area contributed by atoms with Gasteiger partial charge in [0.25, 0.3) is 0 Å². The van der Waals surface area contributed by atoms with Crippen molar-refractivity contribution in [1.82, 2.24) is 0 Å². The van der Waals surface area contributed by atoms with Crippen LogP contribution in [-0.2, 0) is 11.2 Å². The van der Waals surface area contributed by atoms with Gasteiger partial charge in [-0.1, -0.05) is 23.7 Å². The number of hydrogen-bond acceptors (Lipinski definition) is 6. The summed E-state index contributed by atoms with van der Waals surface area (Å²) in [7, 11) is 0. The van der Waals surface area contributed by atoms with Crippen molar-refractivity contribution in [2.75, 3.05) is 13.2 Å². The summed E-state index contributed by atoms with van der Waals surface area (Å²) in [5.41, 5.74) is 2.74. The molecule has 2 aliphatic rings. The summed E-state index contributed by atoms with van der Waals surface area (Å²) in [5.74, 6) is 1.35. The highest BCUT2D eigenvalue weighted by Gasteiger charge is 2.50. The molecule has 0 amide bonds. The van der Waals surface area contributed by atoms with Crippen molar-refractivity contribution in [3.8, 4) is 11.5 Å². The summed E-state index contributed by atoms with van der Waals surface area (Å²) in [6.45, 7) is 2.18. The lowest BCUT2D eigenvalue weighted by molar-refractivity contribution is -0.215. The molecular formula is C21H23ClO6. The molecule has 0 spiro atoms. The molecule has 0 saturated carbocycles. The van der Waals surface area contributed by atoms with Crippen LogP contribution in [0, 0.1) is 0 Å². The molecule has 0 bridgehead atoms. The molecule has 28 heavy (non-hydrogen) atoms. The van der Waals surface area contributed by atoms with E-state index in [9.17, 15) is 15.3 Å². The van der Waals surface area contributed by atoms with Gasteiger partial charge >= 0.3 is 0 Å². The average Bonchev–Trinajstić information content (AvgIpc) is 3.04. The van der Waals surface area contributed by atoms with Crippen molar-refractivity contribution in [3.05, 3.63) is 58.1 Å². The van der Waals surface area contributed by atoms with E-state index in [1.165, 1.54) is 0 Å². The van der Waals surface area contributed by atoms with Crippen LogP contribution in [0.1, 0.15) is 29.7 Å². The maximum absolute atomic E-state index is 10.4. The number of aliphatic hydroxyl groups excluding tert-OH is 3. The Morgan fingerprint density at radius 1 is 1.11 bits per heavy atom. The number of aliphatic hydroxyl groups is 3. The van der Waals surface area contributed by atoms with Crippen molar-refractivity contribution in [1.29, 1.82) is 0 Å². The quantitative estimate of drug-likeness (QED) is 0.705. The molecular weight excluding hydrogens is 384 g/mol. The van der Waals surface area contributed by atoms with Gasteiger partial charge in [0.1, 0.15) is 35.9 Å². The Hall–Kier alpha value is -1.83. The van der Waals surface area contributed by atoms with Gasteiger partial charge in [0.15, 0.2) is 6.10 Å². The smallest absolute Gasteiger partial charge is 0.157 e. The summed E-state index contributed by atoms with van der Waals surface area (Å²) in [4.78, 5) is 0. The number of ether oxygens (including phenoxy) is 3. The Kier molecular flexibility index (Phi) is 5.49. The highest BCUT2D eigenvalue weighted by molar-refractivity contribution is 6.31. The highest BCUT2D eigenvalue weighted by atomic mass is 35.5. The normalized spacial score (nSPS) is 28.4. The predicted octanol–water partition coefficient (Wildman–Crippen LogP) is 2.24. The lowest BCUT2D eigenvalue weighted by Crippen LogP contribution is -2.55. The van der Waals surface area contributed by atoms with E-state index >= 15 is 0 Å². The van der Waals surface area contributed by atoms with Crippen molar-refractivity contribution in [2.45, 2.75) is 43.9 Å². The van der Waals surface area contributed by atoms with Crippen molar-refractivity contribution in [3.63, 3.8) is 0 Å². The molecule has 1 fully saturated rings. The third kappa shape index (κ3) is 3.47. The van der Waals surface area contributed by atoms with Gasteiger partial charge in [-0.2, -0.15) is 0 Å². The zero-order chi connectivity index (χ0) is 19.8. The third-order valence-corrected chi connectivity index (χ3v) is 5.60. The zero-order valence-electron chi connectivity index (χ0n) is 15.4. The van der Waals surface area contributed by atoms with E-state index in [0.29, 0.717) is 23.8 Å². The van der Waals surface area contributed by atoms with Gasteiger partial charge in [-0.25, -0.2) is 0 Å². The summed E-state index contributed by atoms with van der Waals surface area (Å²) >= 11 is 6.46. The van der Waals surface area contributed by atoms with Crippen LogP contribution in [0.2, 0.25) is 5.02 Å². The van der Waals surface area contributed by atoms with E-state index in [4.69, 9.17) is 25.8 Å². The van der Waals surface area contributed by atoms with E-state index in [0.717, 1.165) is 22.4 Å². The first kappa shape index (κ1) is 19.5. The predicted molar refractivity (Wildman–Crippen MR) is 103 cm³/mol. The molecule has 2 aromatic carbocycles. The van der Waals surface area contributed by atoms with E-state index < -0.39 is 30.5 Å². The summed E-state index contributed by atoms with van der Waals surface area (Å²) in [6.07, 6.45) is -3.91. The first-order valence-electron chi connectivity index (χ1n) is 9.35. The number of rotatable bonds is 5. The second-order valence-electron chi connectivity index (χ2n) is 7.08. The Balaban J connectivity index is 1.60. The van der Waals surface area contributed by atoms with Crippen LogP contribution in [0.25, 0.3) is 0 Å². The monoisotopic (exact) mass is 406 g/mol. The average molecular weight is 407 g/mol. The minimum Gasteiger partial charge on any atom is -0.494 e. The van der Waals surface area contributed by atoms with Crippen LogP contribution >= 0.6 is 11.6 Å². The van der Waals surface area contributed by atoms with Gasteiger partial charge in [0.2, 0.25) is 0 Å². The molecule has 4 rings (SSSR count). The van der Waals surface area contributed by atoms with Crippen molar-refractivity contribution in [2.24, 2.45) is 0 Å². The lowest BCUT2D eigenvalue weighted by atomic mass is 9.92. The standard InChI is InChI=1S/C21H23ClO6/c1-2-26-13-5-3-11(4-6-13)7-12-8-14-16(9-15(12)22)27-21-19(25)18(24)17(10-23)28-20(14)21/h3-6,8-9,17-21,23-25H,2,7,10H2,1H3/t17-,18-,19+,20+,21+/m1/s1. The molecule has 2 aromatic rings. The molecule has 150 valence electrons. The Bertz CT molecular complexity index is 840. The number of benzene rings is 2. The van der Waals surface area contributed by atoms with E-state index in [-0.39, 0.29) is 6.61 Å². The van der Waals surface area contributed by atoms with Crippen LogP contribution in [0.4, 0.5) is 0 Å². The van der Waals surface area contributed by atoms with Crippen molar-refractivity contribution >= 4 is 11.6 Å². The fourth-order valence-corrected chi connectivity index (χ4v) is 4.01. The third-order valence-electron chi connectivity index (χ3n) is 5.24. The van der Waals surface area contributed by atoms with E-state index in [2.05, 4.69) is 0 Å². The zero-order valence-corrected chi connectivity index (χ0v) is 16.2. The molecule has 2 aliphatic heterocycles. The maximum atomic E-state index is 10.4. The van der Waals surface area contributed by atoms with Crippen molar-refractivity contribution < 1.29 is 29.5 Å². The first-order valence-corrected chi connectivity index (χ1v) is 9.72. The van der Waals surface area contributed by atoms with E-state index in [1.807, 2.05) is 37.3 Å². The Morgan fingerprint density at radius 3 is 2.54 bits per heavy atom. The van der Waals surface area contributed by atoms with Gasteiger partial charge < -0.3 is 29.5 Å². The maximum Gasteiger partial charge on any atom is 0.157 e. The molecule has 2 heterocycles. The van der Waals surface area contributed by atoms with Gasteiger partial charge in [-0.15, -0.1) is 0 Å². The number of hydrogen-bond donors (Lipinski definition) is 3. The second-order valence-corrected chi connectivity index (χ2v) is 7.48. The van der Waals surface area contributed by atoms with Gasteiger partial charge in [0.05, 0.1) is 13.2 Å². The molecule has 1 saturated heterocycles. The summed E-state index contributed by atoms with van der Waals surface area (Å²) in [5, 5.41) is 30.4. The molecule has 0 radical (unpaired) electrons. The molecule has 0 unspecified atom stereocenters. The molecule has 6 nitrogen and oxygen atoms in total. The Morgan fingerprint density at radius 2 is 1.86 bits per heavy atom. The molecule has 7 heteroatoms. The van der Waals surface area contributed by atoms with Crippen LogP contribution in [0.15, 0.2) is 36.4 Å². The topological polar surface area (TPSA) is 88.4 Å². The minimum atomic E-state index is -1.21. The fraction of sp³-hybridized carbons (Fsp3) is 0.429. The largest absolute Gasteiger partial charge is 0.494 e. The van der Waals surface area contributed by atoms with Crippen LogP contribution in [0.5, 0.6) is 11.5 Å². The number of halogens is 1. The second kappa shape index (κ2) is 7.89. The van der Waals surface area contributed by atoms with Gasteiger partial charge in [-0.3, -0.25) is 0 Å². The molecule has 0 aromatic heterocycles. The van der Waals surface area contributed by atoms with Crippen LogP contribution in [0.3, 0.4) is 0 Å². The van der Waals surface area contributed by atoms with E-state index in [1.54, 1.807) is 6.07 Å². The highest BCUT2D eigenvalue weighted by Crippen LogP contribution is 2.46. The van der Waals surface area contributed by atoms with Gasteiger partial charge in [-0.05, 0) is 48.7 Å². The summed E-state index contributed by atoms with van der Waals surface area (Å²) < 4.78 is 17.1. The van der Waals surface area contributed by atoms with Crippen LogP contribution in [-0.4, -0.2) is 52.9 Å². The number of fused-ring (bicyclic) bond motifs is 3. The fourth-order valence-electron chi connectivity index (χ4n) is 3.79. The summed E-state index contributed by atoms with van der Waals surface area (Å²) in [6, 6.07) is 11.5. The molecule has 0 aliphatic carbocycles. The Labute approximate surface area is 168 Å². The first-order chi connectivity index (χ1) is 13.5. The minimum absolute atomic E-state index is 0.386. The molecule has 3 N–H and O–H groups in total. The lowest BCUT2D eigenvalue weighted by Gasteiger charge is -2.38. The van der Waals surface area contributed by atoms with Crippen LogP contribution < -0.4 is 9.47 Å². The van der Waals surface area contributed by atoms with Gasteiger partial charge in [0, 0.05) is 10.6 Å². The molecule has 5 atom stereocenters. The SMILES string of the molecule is CCOc1ccc(Cc2cc3c(cc2Cl)O[C@H]2[C@@H](O)[C@H](O)[C@@H](CO)O[C@@H]32)cc1.